The maximum absolute atomic E-state index is 12.2. The lowest BCUT2D eigenvalue weighted by Crippen LogP contribution is -2.22. The Balaban J connectivity index is 2.21. The third-order valence-corrected chi connectivity index (χ3v) is 3.13. The second-order valence-corrected chi connectivity index (χ2v) is 5.18. The number of carbonyl (C=O) groups excluding carboxylic acids is 1. The van der Waals surface area contributed by atoms with Crippen LogP contribution in [0, 0.1) is 0 Å². The first-order valence-electron chi connectivity index (χ1n) is 6.17. The number of pyridine rings is 1. The molecule has 122 valence electrons. The molecule has 0 spiro atoms. The van der Waals surface area contributed by atoms with E-state index in [2.05, 4.69) is 15.0 Å². The molecule has 0 aliphatic carbocycles. The van der Waals surface area contributed by atoms with Gasteiger partial charge in [0.2, 0.25) is 5.88 Å². The van der Waals surface area contributed by atoms with Crippen LogP contribution in [0.2, 0.25) is 10.0 Å². The van der Waals surface area contributed by atoms with Crippen LogP contribution in [0.4, 0.5) is 18.9 Å². The first kappa shape index (κ1) is 17.4. The van der Waals surface area contributed by atoms with Crippen molar-refractivity contribution in [2.45, 2.75) is 6.18 Å². The summed E-state index contributed by atoms with van der Waals surface area (Å²) in [4.78, 5) is 15.9. The van der Waals surface area contributed by atoms with Gasteiger partial charge in [0.25, 0.3) is 5.91 Å². The maximum Gasteiger partial charge on any atom is 0.422 e. The van der Waals surface area contributed by atoms with Crippen molar-refractivity contribution >= 4 is 34.8 Å². The molecule has 2 aromatic rings. The van der Waals surface area contributed by atoms with E-state index in [0.717, 1.165) is 0 Å². The van der Waals surface area contributed by atoms with E-state index in [1.807, 2.05) is 0 Å². The van der Waals surface area contributed by atoms with Crippen molar-refractivity contribution < 1.29 is 22.7 Å². The average Bonchev–Trinajstić information content (AvgIpc) is 2.48. The molecule has 1 aromatic heterocycles. The molecular formula is C14H9Cl2F3N2O2. The molecule has 1 aromatic carbocycles. The second kappa shape index (κ2) is 7.06. The topological polar surface area (TPSA) is 51.2 Å². The number of nitrogens with zero attached hydrogens (tertiary/aromatic N) is 1. The number of nitrogens with one attached hydrogen (secondary N) is 1. The molecular weight excluding hydrogens is 356 g/mol. The van der Waals surface area contributed by atoms with Gasteiger partial charge in [0.1, 0.15) is 5.56 Å². The molecule has 0 radical (unpaired) electrons. The first-order chi connectivity index (χ1) is 10.8. The van der Waals surface area contributed by atoms with Gasteiger partial charge in [0.15, 0.2) is 6.61 Å². The summed E-state index contributed by atoms with van der Waals surface area (Å²) in [6.07, 6.45) is -3.32. The standard InChI is InChI=1S/C14H9Cl2F3N2O2/c15-8-3-4-10(16)11(6-8)21-12(22)9-2-1-5-20-13(9)23-7-14(17,18)19/h1-6H,7H2,(H,21,22). The van der Waals surface area contributed by atoms with Gasteiger partial charge < -0.3 is 10.1 Å². The minimum absolute atomic E-state index is 0.159. The summed E-state index contributed by atoms with van der Waals surface area (Å²) in [6.45, 7) is -1.55. The smallest absolute Gasteiger partial charge is 0.422 e. The number of halogens is 5. The van der Waals surface area contributed by atoms with Gasteiger partial charge in [-0.1, -0.05) is 23.2 Å². The molecule has 9 heteroatoms. The summed E-state index contributed by atoms with van der Waals surface area (Å²) in [6, 6.07) is 7.10. The minimum atomic E-state index is -4.54. The molecule has 1 amide bonds. The van der Waals surface area contributed by atoms with Gasteiger partial charge in [0.05, 0.1) is 10.7 Å². The highest BCUT2D eigenvalue weighted by Crippen LogP contribution is 2.27. The van der Waals surface area contributed by atoms with Crippen LogP contribution >= 0.6 is 23.2 Å². The molecule has 0 saturated heterocycles. The fourth-order valence-electron chi connectivity index (χ4n) is 1.61. The number of benzene rings is 1. The fraction of sp³-hybridized carbons (Fsp3) is 0.143. The van der Waals surface area contributed by atoms with E-state index in [1.54, 1.807) is 0 Å². The molecule has 0 aliphatic heterocycles. The second-order valence-electron chi connectivity index (χ2n) is 4.34. The Morgan fingerprint density at radius 2 is 2.00 bits per heavy atom. The molecule has 0 aliphatic rings. The van der Waals surface area contributed by atoms with Crippen molar-refractivity contribution in [3.05, 3.63) is 52.1 Å². The van der Waals surface area contributed by atoms with Crippen molar-refractivity contribution in [2.24, 2.45) is 0 Å². The van der Waals surface area contributed by atoms with Gasteiger partial charge in [-0.15, -0.1) is 0 Å². The van der Waals surface area contributed by atoms with Crippen LogP contribution in [0.3, 0.4) is 0 Å². The van der Waals surface area contributed by atoms with Gasteiger partial charge >= 0.3 is 6.18 Å². The number of aromatic nitrogens is 1. The molecule has 0 unspecified atom stereocenters. The molecule has 0 atom stereocenters. The van der Waals surface area contributed by atoms with Gasteiger partial charge in [0, 0.05) is 11.2 Å². The number of alkyl halides is 3. The van der Waals surface area contributed by atoms with E-state index in [1.165, 1.54) is 36.5 Å². The molecule has 0 bridgehead atoms. The molecule has 4 nitrogen and oxygen atoms in total. The Bertz CT molecular complexity index is 723. The third kappa shape index (κ3) is 5.01. The zero-order valence-corrected chi connectivity index (χ0v) is 12.8. The number of ether oxygens (including phenoxy) is 1. The first-order valence-corrected chi connectivity index (χ1v) is 6.93. The molecule has 1 N–H and O–H groups in total. The third-order valence-electron chi connectivity index (χ3n) is 2.56. The summed E-state index contributed by atoms with van der Waals surface area (Å²) >= 11 is 11.7. The molecule has 2 rings (SSSR count). The monoisotopic (exact) mass is 364 g/mol. The Morgan fingerprint density at radius 3 is 2.70 bits per heavy atom. The highest BCUT2D eigenvalue weighted by Gasteiger charge is 2.29. The van der Waals surface area contributed by atoms with E-state index in [4.69, 9.17) is 23.2 Å². The lowest BCUT2D eigenvalue weighted by Gasteiger charge is -2.12. The van der Waals surface area contributed by atoms with Gasteiger partial charge in [-0.05, 0) is 30.3 Å². The van der Waals surface area contributed by atoms with Crippen LogP contribution in [0.15, 0.2) is 36.5 Å². The van der Waals surface area contributed by atoms with E-state index in [0.29, 0.717) is 5.02 Å². The zero-order valence-electron chi connectivity index (χ0n) is 11.3. The zero-order chi connectivity index (χ0) is 17.0. The van der Waals surface area contributed by atoms with Crippen molar-refractivity contribution in [1.29, 1.82) is 0 Å². The van der Waals surface area contributed by atoms with Crippen molar-refractivity contribution in [2.75, 3.05) is 11.9 Å². The number of rotatable bonds is 4. The largest absolute Gasteiger partial charge is 0.467 e. The van der Waals surface area contributed by atoms with Crippen molar-refractivity contribution in [1.82, 2.24) is 4.98 Å². The van der Waals surface area contributed by atoms with Gasteiger partial charge in [-0.3, -0.25) is 4.79 Å². The normalized spacial score (nSPS) is 11.2. The lowest BCUT2D eigenvalue weighted by molar-refractivity contribution is -0.154. The molecule has 0 fully saturated rings. The van der Waals surface area contributed by atoms with Crippen molar-refractivity contribution in [3.8, 4) is 5.88 Å². The molecule has 1 heterocycles. The Hall–Kier alpha value is -1.99. The van der Waals surface area contributed by atoms with Crippen LogP contribution in [-0.4, -0.2) is 23.7 Å². The Labute approximate surface area is 139 Å². The Morgan fingerprint density at radius 1 is 1.26 bits per heavy atom. The number of amides is 1. The lowest BCUT2D eigenvalue weighted by atomic mass is 10.2. The quantitative estimate of drug-likeness (QED) is 0.863. The summed E-state index contributed by atoms with van der Waals surface area (Å²) < 4.78 is 41.3. The van der Waals surface area contributed by atoms with Crippen LogP contribution in [-0.2, 0) is 0 Å². The highest BCUT2D eigenvalue weighted by molar-refractivity contribution is 6.35. The predicted molar refractivity (Wildman–Crippen MR) is 80.2 cm³/mol. The number of hydrogen-bond acceptors (Lipinski definition) is 3. The maximum atomic E-state index is 12.2. The van der Waals surface area contributed by atoms with E-state index in [-0.39, 0.29) is 16.3 Å². The summed E-state index contributed by atoms with van der Waals surface area (Å²) in [5.74, 6) is -1.15. The number of carbonyl (C=O) groups is 1. The van der Waals surface area contributed by atoms with Crippen LogP contribution in [0.1, 0.15) is 10.4 Å². The van der Waals surface area contributed by atoms with Crippen LogP contribution < -0.4 is 10.1 Å². The van der Waals surface area contributed by atoms with Crippen molar-refractivity contribution in [3.63, 3.8) is 0 Å². The predicted octanol–water partition coefficient (Wildman–Crippen LogP) is 4.58. The van der Waals surface area contributed by atoms with E-state index in [9.17, 15) is 18.0 Å². The van der Waals surface area contributed by atoms with Crippen LogP contribution in [0.25, 0.3) is 0 Å². The molecule has 23 heavy (non-hydrogen) atoms. The number of anilines is 1. The van der Waals surface area contributed by atoms with Gasteiger partial charge in [-0.25, -0.2) is 4.98 Å². The minimum Gasteiger partial charge on any atom is -0.467 e. The highest BCUT2D eigenvalue weighted by atomic mass is 35.5. The summed E-state index contributed by atoms with van der Waals surface area (Å²) in [5.41, 5.74) is 0.0579. The van der Waals surface area contributed by atoms with Gasteiger partial charge in [-0.2, -0.15) is 13.2 Å². The number of hydrogen-bond donors (Lipinski definition) is 1. The van der Waals surface area contributed by atoms with E-state index < -0.39 is 24.6 Å². The van der Waals surface area contributed by atoms with Crippen LogP contribution in [0.5, 0.6) is 5.88 Å². The summed E-state index contributed by atoms with van der Waals surface area (Å²) in [7, 11) is 0. The van der Waals surface area contributed by atoms with E-state index >= 15 is 0 Å². The Kier molecular flexibility index (Phi) is 5.33. The average molecular weight is 365 g/mol. The molecule has 0 saturated carbocycles. The summed E-state index contributed by atoms with van der Waals surface area (Å²) in [5, 5.41) is 3.01. The fourth-order valence-corrected chi connectivity index (χ4v) is 1.95. The SMILES string of the molecule is O=C(Nc1cc(Cl)ccc1Cl)c1cccnc1OCC(F)(F)F.